The molecule has 1 aromatic heterocycles. The van der Waals surface area contributed by atoms with Gasteiger partial charge in [0.1, 0.15) is 0 Å². The van der Waals surface area contributed by atoms with Crippen molar-refractivity contribution in [1.82, 2.24) is 10.3 Å². The number of anilines is 1. The van der Waals surface area contributed by atoms with Gasteiger partial charge in [-0.3, -0.25) is 0 Å². The zero-order chi connectivity index (χ0) is 23.4. The van der Waals surface area contributed by atoms with Crippen molar-refractivity contribution in [3.05, 3.63) is 88.6 Å². The van der Waals surface area contributed by atoms with Crippen molar-refractivity contribution in [3.8, 4) is 11.5 Å². The maximum atomic E-state index is 12.7. The number of fused-ring (bicyclic) bond motifs is 1. The molecule has 3 N–H and O–H groups in total. The van der Waals surface area contributed by atoms with E-state index in [-0.39, 0.29) is 11.9 Å². The number of halogens is 1. The van der Waals surface area contributed by atoms with Gasteiger partial charge in [0.25, 0.3) is 0 Å². The Balaban J connectivity index is 1.62. The average Bonchev–Trinajstić information content (AvgIpc) is 3.25. The summed E-state index contributed by atoms with van der Waals surface area (Å²) in [5.41, 5.74) is 4.69. The molecule has 0 saturated heterocycles. The van der Waals surface area contributed by atoms with E-state index in [1.807, 2.05) is 61.7 Å². The number of benzene rings is 3. The molecule has 6 nitrogen and oxygen atoms in total. The van der Waals surface area contributed by atoms with Gasteiger partial charge in [0, 0.05) is 29.6 Å². The summed E-state index contributed by atoms with van der Waals surface area (Å²) in [6, 6.07) is 19.1. The summed E-state index contributed by atoms with van der Waals surface area (Å²) in [4.78, 5) is 16.0. The molecule has 0 aliphatic heterocycles. The number of carbonyl (C=O) groups is 1. The van der Waals surface area contributed by atoms with Crippen LogP contribution in [-0.2, 0) is 0 Å². The molecule has 0 aliphatic carbocycles. The number of ether oxygens (including phenoxy) is 2. The fourth-order valence-corrected chi connectivity index (χ4v) is 4.22. The van der Waals surface area contributed by atoms with E-state index in [0.717, 1.165) is 27.6 Å². The molecule has 4 rings (SSSR count). The lowest BCUT2D eigenvalue weighted by Crippen LogP contribution is -2.32. The maximum Gasteiger partial charge on any atom is 0.319 e. The summed E-state index contributed by atoms with van der Waals surface area (Å²) in [5.74, 6) is 1.16. The number of rotatable bonds is 7. The number of amides is 2. The summed E-state index contributed by atoms with van der Waals surface area (Å²) in [6.45, 7) is 2.32. The molecule has 0 fully saturated rings. The number of H-pyrrole nitrogens is 1. The van der Waals surface area contributed by atoms with Gasteiger partial charge in [-0.2, -0.15) is 0 Å². The third kappa shape index (κ3) is 4.91. The Morgan fingerprint density at radius 3 is 2.58 bits per heavy atom. The minimum atomic E-state index is -0.328. The van der Waals surface area contributed by atoms with Gasteiger partial charge in [-0.1, -0.05) is 41.9 Å². The predicted octanol–water partition coefficient (Wildman–Crippen LogP) is 6.10. The molecule has 1 atom stereocenters. The first-order chi connectivity index (χ1) is 16.0. The number of aromatic amines is 1. The van der Waals surface area contributed by atoms with Crippen LogP contribution in [0, 0.1) is 6.92 Å². The maximum absolute atomic E-state index is 12.7. The first kappa shape index (κ1) is 22.6. The third-order valence-electron chi connectivity index (χ3n) is 5.65. The molecule has 0 spiro atoms. The highest BCUT2D eigenvalue weighted by Gasteiger charge is 2.21. The largest absolute Gasteiger partial charge is 0.493 e. The van der Waals surface area contributed by atoms with Crippen LogP contribution >= 0.6 is 11.6 Å². The smallest absolute Gasteiger partial charge is 0.319 e. The van der Waals surface area contributed by atoms with Crippen molar-refractivity contribution < 1.29 is 14.3 Å². The molecule has 4 aromatic rings. The number of carbonyl (C=O) groups excluding carboxylic acids is 1. The van der Waals surface area contributed by atoms with Crippen LogP contribution in [-0.4, -0.2) is 31.8 Å². The third-order valence-corrected chi connectivity index (χ3v) is 5.96. The predicted molar refractivity (Wildman–Crippen MR) is 133 cm³/mol. The lowest BCUT2D eigenvalue weighted by Gasteiger charge is -2.20. The van der Waals surface area contributed by atoms with Crippen molar-refractivity contribution in [2.24, 2.45) is 0 Å². The van der Waals surface area contributed by atoms with Crippen molar-refractivity contribution in [1.29, 1.82) is 0 Å². The summed E-state index contributed by atoms with van der Waals surface area (Å²) in [5, 5.41) is 7.43. The van der Waals surface area contributed by atoms with Gasteiger partial charge < -0.3 is 25.1 Å². The first-order valence-corrected chi connectivity index (χ1v) is 11.0. The molecule has 0 bridgehead atoms. The van der Waals surface area contributed by atoms with Gasteiger partial charge in [0.2, 0.25) is 0 Å². The van der Waals surface area contributed by atoms with Crippen molar-refractivity contribution in [2.45, 2.75) is 12.8 Å². The normalized spacial score (nSPS) is 11.8. The van der Waals surface area contributed by atoms with Crippen molar-refractivity contribution in [3.63, 3.8) is 0 Å². The minimum Gasteiger partial charge on any atom is -0.493 e. The molecule has 2 amide bonds. The molecule has 3 aromatic carbocycles. The topological polar surface area (TPSA) is 75.4 Å². The monoisotopic (exact) mass is 463 g/mol. The number of aromatic nitrogens is 1. The SMILES string of the molecule is COc1ccc(C(CNC(=O)Nc2ccc(C)cc2Cl)c2c[nH]c3ccccc23)cc1OC. The highest BCUT2D eigenvalue weighted by atomic mass is 35.5. The number of urea groups is 1. The summed E-state index contributed by atoms with van der Waals surface area (Å²) >= 11 is 6.27. The van der Waals surface area contributed by atoms with Crippen LogP contribution in [0.1, 0.15) is 22.6 Å². The molecule has 0 aliphatic rings. The number of aryl methyl sites for hydroxylation is 1. The number of methoxy groups -OCH3 is 2. The summed E-state index contributed by atoms with van der Waals surface area (Å²) in [6.07, 6.45) is 1.99. The fraction of sp³-hybridized carbons (Fsp3) is 0.192. The fourth-order valence-electron chi connectivity index (χ4n) is 3.94. The molecule has 0 radical (unpaired) electrons. The highest BCUT2D eigenvalue weighted by Crippen LogP contribution is 2.35. The van der Waals surface area contributed by atoms with E-state index in [2.05, 4.69) is 21.7 Å². The Hall–Kier alpha value is -3.64. The zero-order valence-electron chi connectivity index (χ0n) is 18.7. The second-order valence-corrected chi connectivity index (χ2v) is 8.18. The Labute approximate surface area is 197 Å². The van der Waals surface area contributed by atoms with E-state index in [1.54, 1.807) is 20.3 Å². The first-order valence-electron chi connectivity index (χ1n) is 10.6. The van der Waals surface area contributed by atoms with Gasteiger partial charge in [-0.05, 0) is 53.9 Å². The standard InChI is InChI=1S/C26H26ClN3O3/c1-16-8-10-23(21(27)12-16)30-26(31)29-14-19(17-9-11-24(32-2)25(13-17)33-3)20-15-28-22-7-5-4-6-18(20)22/h4-13,15,19,28H,14H2,1-3H3,(H2,29,30,31). The molecular formula is C26H26ClN3O3. The van der Waals surface area contributed by atoms with Crippen molar-refractivity contribution in [2.75, 3.05) is 26.1 Å². The van der Waals surface area contributed by atoms with Crippen LogP contribution in [0.4, 0.5) is 10.5 Å². The molecule has 1 unspecified atom stereocenters. The summed E-state index contributed by atoms with van der Waals surface area (Å²) in [7, 11) is 3.22. The van der Waals surface area contributed by atoms with Crippen LogP contribution in [0.3, 0.4) is 0 Å². The van der Waals surface area contributed by atoms with Gasteiger partial charge in [0.15, 0.2) is 11.5 Å². The lowest BCUT2D eigenvalue weighted by molar-refractivity contribution is 0.252. The molecule has 33 heavy (non-hydrogen) atoms. The minimum absolute atomic E-state index is 0.125. The Bertz CT molecular complexity index is 1290. The van der Waals surface area contributed by atoms with Crippen LogP contribution in [0.25, 0.3) is 10.9 Å². The Kier molecular flexibility index (Phi) is 6.75. The van der Waals surface area contributed by atoms with Gasteiger partial charge in [-0.25, -0.2) is 4.79 Å². The molecule has 170 valence electrons. The average molecular weight is 464 g/mol. The number of hydrogen-bond acceptors (Lipinski definition) is 3. The van der Waals surface area contributed by atoms with Crippen molar-refractivity contribution >= 4 is 34.2 Å². The van der Waals surface area contributed by atoms with E-state index in [9.17, 15) is 4.79 Å². The molecule has 1 heterocycles. The van der Waals surface area contributed by atoms with Gasteiger partial charge in [-0.15, -0.1) is 0 Å². The second-order valence-electron chi connectivity index (χ2n) is 7.77. The Morgan fingerprint density at radius 1 is 1.03 bits per heavy atom. The Morgan fingerprint density at radius 2 is 1.82 bits per heavy atom. The van der Waals surface area contributed by atoms with E-state index in [0.29, 0.717) is 28.8 Å². The van der Waals surface area contributed by atoms with Crippen LogP contribution in [0.5, 0.6) is 11.5 Å². The number of para-hydroxylation sites is 1. The van der Waals surface area contributed by atoms with Gasteiger partial charge >= 0.3 is 6.03 Å². The van der Waals surface area contributed by atoms with E-state index in [1.165, 1.54) is 0 Å². The second kappa shape index (κ2) is 9.88. The number of nitrogens with one attached hydrogen (secondary N) is 3. The van der Waals surface area contributed by atoms with E-state index in [4.69, 9.17) is 21.1 Å². The molecular weight excluding hydrogens is 438 g/mol. The van der Waals surface area contributed by atoms with Crippen LogP contribution < -0.4 is 20.1 Å². The lowest BCUT2D eigenvalue weighted by atomic mass is 9.90. The molecule has 7 heteroatoms. The summed E-state index contributed by atoms with van der Waals surface area (Å²) < 4.78 is 10.9. The number of hydrogen-bond donors (Lipinski definition) is 3. The zero-order valence-corrected chi connectivity index (χ0v) is 19.5. The quantitative estimate of drug-likeness (QED) is 0.310. The van der Waals surface area contributed by atoms with Crippen LogP contribution in [0.2, 0.25) is 5.02 Å². The highest BCUT2D eigenvalue weighted by molar-refractivity contribution is 6.33. The van der Waals surface area contributed by atoms with E-state index >= 15 is 0 Å². The van der Waals surface area contributed by atoms with E-state index < -0.39 is 0 Å². The molecule has 0 saturated carbocycles. The van der Waals surface area contributed by atoms with Gasteiger partial charge in [0.05, 0.1) is 24.9 Å². The van der Waals surface area contributed by atoms with Crippen LogP contribution in [0.15, 0.2) is 66.9 Å².